The molecular formula is C10H17FO3. The molecule has 1 unspecified atom stereocenters. The molecular weight excluding hydrogens is 187 g/mol. The van der Waals surface area contributed by atoms with Crippen LogP contribution in [0.15, 0.2) is 0 Å². The summed E-state index contributed by atoms with van der Waals surface area (Å²) in [6.07, 6.45) is 2.62. The topological polar surface area (TPSA) is 35.5 Å². The molecule has 0 aromatic carbocycles. The molecule has 0 spiro atoms. The Balaban J connectivity index is 2.01. The maximum atomic E-state index is 12.9. The molecule has 0 amide bonds. The normalized spacial score (nSPS) is 18.7. The lowest BCUT2D eigenvalue weighted by atomic mass is 9.83. The molecule has 1 rings (SSSR count). The molecule has 0 bridgehead atoms. The van der Waals surface area contributed by atoms with E-state index >= 15 is 0 Å². The molecule has 1 aliphatic carbocycles. The summed E-state index contributed by atoms with van der Waals surface area (Å²) in [6, 6.07) is 0. The van der Waals surface area contributed by atoms with Gasteiger partial charge in [-0.05, 0) is 19.3 Å². The highest BCUT2D eigenvalue weighted by Crippen LogP contribution is 2.29. The zero-order valence-electron chi connectivity index (χ0n) is 8.50. The second-order valence-electron chi connectivity index (χ2n) is 3.52. The second kappa shape index (κ2) is 5.96. The summed E-state index contributed by atoms with van der Waals surface area (Å²) >= 11 is 0. The largest absolute Gasteiger partial charge is 0.462 e. The van der Waals surface area contributed by atoms with Gasteiger partial charge in [-0.3, -0.25) is 0 Å². The molecule has 4 heteroatoms. The van der Waals surface area contributed by atoms with Crippen LogP contribution >= 0.6 is 0 Å². The minimum absolute atomic E-state index is 0.186. The van der Waals surface area contributed by atoms with Crippen molar-refractivity contribution in [3.05, 3.63) is 0 Å². The predicted octanol–water partition coefficient (Wildman–Crippen LogP) is 2.05. The molecule has 82 valence electrons. The van der Waals surface area contributed by atoms with Crippen LogP contribution in [0, 0.1) is 5.92 Å². The highest BCUT2D eigenvalue weighted by Gasteiger charge is 2.21. The standard InChI is InChI=1S/C10H17FO3/c1-2-13-10(12)9(11)14-7-6-8-4-3-5-8/h8-9H,2-7H2,1H3. The van der Waals surface area contributed by atoms with Gasteiger partial charge in [-0.25, -0.2) is 9.18 Å². The number of halogens is 1. The van der Waals surface area contributed by atoms with E-state index in [-0.39, 0.29) is 6.61 Å². The Hall–Kier alpha value is -0.640. The third-order valence-electron chi connectivity index (χ3n) is 2.49. The molecule has 0 aliphatic heterocycles. The van der Waals surface area contributed by atoms with E-state index in [9.17, 15) is 9.18 Å². The van der Waals surface area contributed by atoms with Crippen LogP contribution < -0.4 is 0 Å². The van der Waals surface area contributed by atoms with Crippen LogP contribution in [0.1, 0.15) is 32.6 Å². The molecule has 0 N–H and O–H groups in total. The van der Waals surface area contributed by atoms with Crippen molar-refractivity contribution in [2.75, 3.05) is 13.2 Å². The lowest BCUT2D eigenvalue weighted by molar-refractivity contribution is -0.169. The third-order valence-corrected chi connectivity index (χ3v) is 2.49. The monoisotopic (exact) mass is 204 g/mol. The minimum Gasteiger partial charge on any atom is -0.462 e. The van der Waals surface area contributed by atoms with Crippen LogP contribution in [-0.4, -0.2) is 25.5 Å². The fourth-order valence-corrected chi connectivity index (χ4v) is 1.40. The highest BCUT2D eigenvalue weighted by atomic mass is 19.1. The molecule has 1 atom stereocenters. The lowest BCUT2D eigenvalue weighted by Crippen LogP contribution is -2.24. The lowest BCUT2D eigenvalue weighted by Gasteiger charge is -2.25. The average molecular weight is 204 g/mol. The first-order valence-electron chi connectivity index (χ1n) is 5.16. The summed E-state index contributed by atoms with van der Waals surface area (Å²) in [4.78, 5) is 10.8. The van der Waals surface area contributed by atoms with Crippen molar-refractivity contribution < 1.29 is 18.7 Å². The summed E-state index contributed by atoms with van der Waals surface area (Å²) in [7, 11) is 0. The van der Waals surface area contributed by atoms with E-state index in [4.69, 9.17) is 4.74 Å². The van der Waals surface area contributed by atoms with Crippen molar-refractivity contribution in [2.45, 2.75) is 39.0 Å². The van der Waals surface area contributed by atoms with Crippen LogP contribution in [0.25, 0.3) is 0 Å². The summed E-state index contributed by atoms with van der Waals surface area (Å²) in [5.74, 6) is -0.245. The van der Waals surface area contributed by atoms with Gasteiger partial charge in [0.2, 0.25) is 0 Å². The first-order chi connectivity index (χ1) is 6.74. The number of esters is 1. The Morgan fingerprint density at radius 1 is 1.57 bits per heavy atom. The van der Waals surface area contributed by atoms with Crippen molar-refractivity contribution in [3.8, 4) is 0 Å². The van der Waals surface area contributed by atoms with E-state index in [1.807, 2.05) is 0 Å². The molecule has 0 saturated heterocycles. The van der Waals surface area contributed by atoms with Crippen molar-refractivity contribution in [3.63, 3.8) is 0 Å². The van der Waals surface area contributed by atoms with Crippen LogP contribution in [0.3, 0.4) is 0 Å². The second-order valence-corrected chi connectivity index (χ2v) is 3.52. The smallest absolute Gasteiger partial charge is 0.368 e. The number of carbonyl (C=O) groups excluding carboxylic acids is 1. The number of carbonyl (C=O) groups is 1. The highest BCUT2D eigenvalue weighted by molar-refractivity contribution is 5.72. The fraction of sp³-hybridized carbons (Fsp3) is 0.900. The minimum atomic E-state index is -1.91. The predicted molar refractivity (Wildman–Crippen MR) is 49.4 cm³/mol. The van der Waals surface area contributed by atoms with E-state index in [1.54, 1.807) is 6.92 Å². The van der Waals surface area contributed by atoms with Gasteiger partial charge in [0.1, 0.15) is 0 Å². The van der Waals surface area contributed by atoms with Gasteiger partial charge in [-0.15, -0.1) is 0 Å². The van der Waals surface area contributed by atoms with Crippen molar-refractivity contribution >= 4 is 5.97 Å². The number of hydrogen-bond donors (Lipinski definition) is 0. The molecule has 14 heavy (non-hydrogen) atoms. The zero-order chi connectivity index (χ0) is 10.4. The number of ether oxygens (including phenoxy) is 2. The molecule has 0 aromatic heterocycles. The van der Waals surface area contributed by atoms with Gasteiger partial charge in [0.05, 0.1) is 13.2 Å². The molecule has 0 radical (unpaired) electrons. The molecule has 1 fully saturated rings. The van der Waals surface area contributed by atoms with Crippen LogP contribution in [0.4, 0.5) is 4.39 Å². The van der Waals surface area contributed by atoms with Gasteiger partial charge >= 0.3 is 5.97 Å². The first kappa shape index (κ1) is 11.4. The first-order valence-corrected chi connectivity index (χ1v) is 5.16. The Morgan fingerprint density at radius 3 is 2.79 bits per heavy atom. The molecule has 0 aromatic rings. The van der Waals surface area contributed by atoms with E-state index in [0.717, 1.165) is 6.42 Å². The van der Waals surface area contributed by atoms with Gasteiger partial charge in [0.15, 0.2) is 0 Å². The Kier molecular flexibility index (Phi) is 4.87. The fourth-order valence-electron chi connectivity index (χ4n) is 1.40. The van der Waals surface area contributed by atoms with Crippen molar-refractivity contribution in [2.24, 2.45) is 5.92 Å². The van der Waals surface area contributed by atoms with Crippen LogP contribution in [-0.2, 0) is 14.3 Å². The van der Waals surface area contributed by atoms with Gasteiger partial charge in [0, 0.05) is 0 Å². The molecule has 0 heterocycles. The van der Waals surface area contributed by atoms with Crippen LogP contribution in [0.2, 0.25) is 0 Å². The van der Waals surface area contributed by atoms with Crippen LogP contribution in [0.5, 0.6) is 0 Å². The molecule has 3 nitrogen and oxygen atoms in total. The number of rotatable bonds is 6. The Bertz CT molecular complexity index is 180. The Labute approximate surface area is 83.6 Å². The number of alkyl halides is 1. The summed E-state index contributed by atoms with van der Waals surface area (Å²) < 4.78 is 22.0. The van der Waals surface area contributed by atoms with E-state index in [2.05, 4.69) is 4.74 Å². The van der Waals surface area contributed by atoms with Crippen molar-refractivity contribution in [1.29, 1.82) is 0 Å². The van der Waals surface area contributed by atoms with E-state index in [1.165, 1.54) is 19.3 Å². The number of hydrogen-bond acceptors (Lipinski definition) is 3. The van der Waals surface area contributed by atoms with E-state index < -0.39 is 12.3 Å². The molecule has 1 aliphatic rings. The SMILES string of the molecule is CCOC(=O)C(F)OCCC1CCC1. The quantitative estimate of drug-likeness (QED) is 0.621. The summed E-state index contributed by atoms with van der Waals surface area (Å²) in [5.41, 5.74) is 0. The van der Waals surface area contributed by atoms with Crippen molar-refractivity contribution in [1.82, 2.24) is 0 Å². The summed E-state index contributed by atoms with van der Waals surface area (Å²) in [6.45, 7) is 2.13. The maximum Gasteiger partial charge on any atom is 0.368 e. The summed E-state index contributed by atoms with van der Waals surface area (Å²) in [5, 5.41) is 0. The van der Waals surface area contributed by atoms with Gasteiger partial charge in [-0.1, -0.05) is 19.3 Å². The Morgan fingerprint density at radius 2 is 2.29 bits per heavy atom. The van der Waals surface area contributed by atoms with Gasteiger partial charge in [0.25, 0.3) is 6.36 Å². The zero-order valence-corrected chi connectivity index (χ0v) is 8.50. The van der Waals surface area contributed by atoms with E-state index in [0.29, 0.717) is 12.5 Å². The average Bonchev–Trinajstić information content (AvgIpc) is 2.09. The van der Waals surface area contributed by atoms with Gasteiger partial charge < -0.3 is 9.47 Å². The third kappa shape index (κ3) is 3.62. The maximum absolute atomic E-state index is 12.9. The van der Waals surface area contributed by atoms with Gasteiger partial charge in [-0.2, -0.15) is 0 Å². The molecule has 1 saturated carbocycles.